The molecule has 0 radical (unpaired) electrons. The van der Waals surface area contributed by atoms with Gasteiger partial charge in [-0.1, -0.05) is 0 Å². The summed E-state index contributed by atoms with van der Waals surface area (Å²) in [5.74, 6) is 0.815. The zero-order valence-electron chi connectivity index (χ0n) is 13.8. The van der Waals surface area contributed by atoms with E-state index in [0.29, 0.717) is 13.2 Å². The van der Waals surface area contributed by atoms with Crippen LogP contribution >= 0.6 is 11.3 Å². The van der Waals surface area contributed by atoms with Gasteiger partial charge in [0.1, 0.15) is 12.4 Å². The lowest BCUT2D eigenvalue weighted by Crippen LogP contribution is -2.37. The van der Waals surface area contributed by atoms with E-state index in [1.165, 1.54) is 0 Å². The molecule has 1 aromatic carbocycles. The molecular formula is C18H20N4O2S. The molecule has 4 rings (SSSR count). The maximum atomic E-state index is 12.1. The second-order valence-corrected chi connectivity index (χ2v) is 7.12. The summed E-state index contributed by atoms with van der Waals surface area (Å²) in [6.07, 6.45) is 4.02. The third kappa shape index (κ3) is 3.76. The van der Waals surface area contributed by atoms with Crippen molar-refractivity contribution in [2.75, 3.05) is 13.1 Å². The first-order valence-electron chi connectivity index (χ1n) is 8.42. The second-order valence-electron chi connectivity index (χ2n) is 6.15. The smallest absolute Gasteiger partial charge is 0.317 e. The van der Waals surface area contributed by atoms with Crippen molar-refractivity contribution in [3.05, 3.63) is 46.5 Å². The van der Waals surface area contributed by atoms with Gasteiger partial charge in [0.15, 0.2) is 0 Å². The number of rotatable bonds is 5. The van der Waals surface area contributed by atoms with Crippen LogP contribution in [0.1, 0.15) is 23.4 Å². The van der Waals surface area contributed by atoms with E-state index in [9.17, 15) is 4.79 Å². The highest BCUT2D eigenvalue weighted by Crippen LogP contribution is 2.23. The van der Waals surface area contributed by atoms with Gasteiger partial charge >= 0.3 is 6.03 Å². The number of hydrogen-bond donors (Lipinski definition) is 2. The van der Waals surface area contributed by atoms with Crippen molar-refractivity contribution in [1.82, 2.24) is 20.2 Å². The summed E-state index contributed by atoms with van der Waals surface area (Å²) >= 11 is 1.58. The molecule has 0 atom stereocenters. The number of urea groups is 1. The zero-order valence-corrected chi connectivity index (χ0v) is 14.6. The highest BCUT2D eigenvalue weighted by atomic mass is 32.1. The number of ether oxygens (including phenoxy) is 1. The molecule has 1 fully saturated rings. The molecule has 1 saturated heterocycles. The Bertz CT molecular complexity index is 853. The fraction of sp³-hybridized carbons (Fsp3) is 0.333. The number of hydrogen-bond acceptors (Lipinski definition) is 4. The largest absolute Gasteiger partial charge is 0.488 e. The molecule has 2 amide bonds. The summed E-state index contributed by atoms with van der Waals surface area (Å²) in [6, 6.07) is 8.06. The third-order valence-corrected chi connectivity index (χ3v) is 5.09. The monoisotopic (exact) mass is 356 g/mol. The predicted octanol–water partition coefficient (Wildman–Crippen LogP) is 3.51. The van der Waals surface area contributed by atoms with E-state index in [4.69, 9.17) is 4.74 Å². The zero-order chi connectivity index (χ0) is 17.1. The Morgan fingerprint density at radius 3 is 3.00 bits per heavy atom. The molecule has 0 aliphatic carbocycles. The Labute approximate surface area is 149 Å². The Balaban J connectivity index is 1.38. The number of fused-ring (bicyclic) bond motifs is 1. The molecule has 0 bridgehead atoms. The maximum absolute atomic E-state index is 12.1. The first-order valence-corrected chi connectivity index (χ1v) is 9.30. The van der Waals surface area contributed by atoms with Crippen molar-refractivity contribution < 1.29 is 9.53 Å². The Morgan fingerprint density at radius 2 is 2.20 bits per heavy atom. The molecule has 1 aliphatic heterocycles. The lowest BCUT2D eigenvalue weighted by atomic mass is 10.2. The number of aromatic amines is 1. The molecular weight excluding hydrogens is 336 g/mol. The summed E-state index contributed by atoms with van der Waals surface area (Å²) < 4.78 is 5.81. The van der Waals surface area contributed by atoms with E-state index < -0.39 is 0 Å². The minimum absolute atomic E-state index is 0.0183. The minimum atomic E-state index is 0.0183. The predicted molar refractivity (Wildman–Crippen MR) is 97.8 cm³/mol. The number of carbonyl (C=O) groups excluding carboxylic acids is 1. The number of thiazole rings is 1. The molecule has 2 N–H and O–H groups in total. The summed E-state index contributed by atoms with van der Waals surface area (Å²) in [5, 5.41) is 4.09. The van der Waals surface area contributed by atoms with Gasteiger partial charge in [0, 0.05) is 36.6 Å². The minimum Gasteiger partial charge on any atom is -0.488 e. The van der Waals surface area contributed by atoms with E-state index >= 15 is 0 Å². The third-order valence-electron chi connectivity index (χ3n) is 4.34. The maximum Gasteiger partial charge on any atom is 0.317 e. The highest BCUT2D eigenvalue weighted by Gasteiger charge is 2.17. The van der Waals surface area contributed by atoms with Crippen molar-refractivity contribution in [2.45, 2.75) is 26.0 Å². The van der Waals surface area contributed by atoms with Gasteiger partial charge in [-0.3, -0.25) is 4.98 Å². The average Bonchev–Trinajstić information content (AvgIpc) is 3.38. The van der Waals surface area contributed by atoms with E-state index in [1.54, 1.807) is 16.8 Å². The van der Waals surface area contributed by atoms with Gasteiger partial charge < -0.3 is 19.9 Å². The normalized spacial score (nSPS) is 14.2. The lowest BCUT2D eigenvalue weighted by molar-refractivity contribution is 0.208. The first kappa shape index (κ1) is 16.0. The first-order chi connectivity index (χ1) is 12.3. The van der Waals surface area contributed by atoms with E-state index in [1.807, 2.05) is 29.3 Å². The number of H-pyrrole nitrogens is 1. The van der Waals surface area contributed by atoms with Crippen molar-refractivity contribution >= 4 is 28.3 Å². The van der Waals surface area contributed by atoms with Crippen LogP contribution in [0.15, 0.2) is 36.0 Å². The SMILES string of the molecule is O=C(NCc1cc2ccc(OCc3cncs3)cc2[nH]1)N1CCCC1. The molecule has 0 unspecified atom stereocenters. The van der Waals surface area contributed by atoms with Crippen LogP contribution in [0.2, 0.25) is 0 Å². The van der Waals surface area contributed by atoms with E-state index in [-0.39, 0.29) is 6.03 Å². The van der Waals surface area contributed by atoms with Crippen molar-refractivity contribution in [2.24, 2.45) is 0 Å². The molecule has 0 spiro atoms. The fourth-order valence-corrected chi connectivity index (χ4v) is 3.53. The van der Waals surface area contributed by atoms with E-state index in [2.05, 4.69) is 21.4 Å². The molecule has 7 heteroatoms. The standard InChI is InChI=1S/C18H20N4O2S/c23-18(22-5-1-2-6-22)20-9-14-7-13-3-4-15(8-17(13)21-14)24-11-16-10-19-12-25-16/h3-4,7-8,10,12,21H,1-2,5-6,9,11H2,(H,20,23). The van der Waals surface area contributed by atoms with Crippen molar-refractivity contribution in [1.29, 1.82) is 0 Å². The molecule has 0 saturated carbocycles. The van der Waals surface area contributed by atoms with Crippen LogP contribution in [0.3, 0.4) is 0 Å². The highest BCUT2D eigenvalue weighted by molar-refractivity contribution is 7.09. The number of likely N-dealkylation sites (tertiary alicyclic amines) is 1. The van der Waals surface area contributed by atoms with Crippen LogP contribution < -0.4 is 10.1 Å². The van der Waals surface area contributed by atoms with Gasteiger partial charge in [-0.15, -0.1) is 11.3 Å². The summed E-state index contributed by atoms with van der Waals surface area (Å²) in [4.78, 5) is 22.4. The average molecular weight is 356 g/mol. The van der Waals surface area contributed by atoms with Crippen LogP contribution in [0.25, 0.3) is 10.9 Å². The van der Waals surface area contributed by atoms with Gasteiger partial charge in [-0.2, -0.15) is 0 Å². The number of carbonyl (C=O) groups is 1. The van der Waals surface area contributed by atoms with Crippen molar-refractivity contribution in [3.63, 3.8) is 0 Å². The van der Waals surface area contributed by atoms with Crippen LogP contribution in [0.4, 0.5) is 4.79 Å². The number of aromatic nitrogens is 2. The fourth-order valence-electron chi connectivity index (χ4n) is 3.02. The summed E-state index contributed by atoms with van der Waals surface area (Å²) in [5.41, 5.74) is 3.80. The van der Waals surface area contributed by atoms with Gasteiger partial charge in [0.05, 0.1) is 16.9 Å². The Kier molecular flexibility index (Phi) is 4.56. The Hall–Kier alpha value is -2.54. The number of nitrogens with zero attached hydrogens (tertiary/aromatic N) is 2. The second kappa shape index (κ2) is 7.14. The van der Waals surface area contributed by atoms with Crippen LogP contribution in [0, 0.1) is 0 Å². The molecule has 6 nitrogen and oxygen atoms in total. The van der Waals surface area contributed by atoms with E-state index in [0.717, 1.165) is 53.2 Å². The van der Waals surface area contributed by atoms with Crippen LogP contribution in [0.5, 0.6) is 5.75 Å². The topological polar surface area (TPSA) is 70.2 Å². The molecule has 2 aromatic heterocycles. The van der Waals surface area contributed by atoms with Gasteiger partial charge in [-0.25, -0.2) is 4.79 Å². The van der Waals surface area contributed by atoms with Gasteiger partial charge in [0.2, 0.25) is 0 Å². The molecule has 1 aliphatic rings. The molecule has 3 heterocycles. The summed E-state index contributed by atoms with van der Waals surface area (Å²) in [7, 11) is 0. The summed E-state index contributed by atoms with van der Waals surface area (Å²) in [6.45, 7) is 2.74. The van der Waals surface area contributed by atoms with Crippen LogP contribution in [-0.4, -0.2) is 34.0 Å². The van der Waals surface area contributed by atoms with Crippen molar-refractivity contribution in [3.8, 4) is 5.75 Å². The quantitative estimate of drug-likeness (QED) is 0.735. The molecule has 130 valence electrons. The molecule has 3 aromatic rings. The Morgan fingerprint density at radius 1 is 1.32 bits per heavy atom. The number of benzene rings is 1. The van der Waals surface area contributed by atoms with Gasteiger partial charge in [-0.05, 0) is 36.4 Å². The molecule has 25 heavy (non-hydrogen) atoms. The van der Waals surface area contributed by atoms with Gasteiger partial charge in [0.25, 0.3) is 0 Å². The lowest BCUT2D eigenvalue weighted by Gasteiger charge is -2.15. The van der Waals surface area contributed by atoms with Crippen LogP contribution in [-0.2, 0) is 13.2 Å². The number of nitrogens with one attached hydrogen (secondary N) is 2. The number of amides is 2.